The van der Waals surface area contributed by atoms with E-state index in [9.17, 15) is 0 Å². The number of rotatable bonds is 2. The van der Waals surface area contributed by atoms with Gasteiger partial charge in [-0.05, 0) is 58.7 Å². The van der Waals surface area contributed by atoms with E-state index < -0.39 is 0 Å². The number of aromatic amines is 1. The highest BCUT2D eigenvalue weighted by Gasteiger charge is 2.24. The second-order valence-electron chi connectivity index (χ2n) is 6.41. The lowest BCUT2D eigenvalue weighted by atomic mass is 9.86. The Morgan fingerprint density at radius 2 is 1.79 bits per heavy atom. The molecule has 2 aliphatic rings. The van der Waals surface area contributed by atoms with Crippen molar-refractivity contribution in [2.45, 2.75) is 56.4 Å². The third-order valence-electron chi connectivity index (χ3n) is 4.93. The number of hydrogen-bond acceptors (Lipinski definition) is 3. The fourth-order valence-electron chi connectivity index (χ4n) is 3.48. The summed E-state index contributed by atoms with van der Waals surface area (Å²) in [6, 6.07) is 0.416. The van der Waals surface area contributed by atoms with Crippen molar-refractivity contribution >= 4 is 0 Å². The third kappa shape index (κ3) is 3.00. The van der Waals surface area contributed by atoms with E-state index >= 15 is 0 Å². The quantitative estimate of drug-likeness (QED) is 0.859. The molecule has 1 aliphatic carbocycles. The Bertz CT molecular complexity index is 362. The fourth-order valence-corrected chi connectivity index (χ4v) is 3.48. The van der Waals surface area contributed by atoms with Gasteiger partial charge in [-0.15, -0.1) is 0 Å². The molecule has 1 aliphatic heterocycles. The Kier molecular flexibility index (Phi) is 3.89. The zero-order valence-electron chi connectivity index (χ0n) is 11.9. The Morgan fingerprint density at radius 1 is 1.11 bits per heavy atom. The molecule has 0 atom stereocenters. The summed E-state index contributed by atoms with van der Waals surface area (Å²) in [4.78, 5) is 10.7. The molecule has 19 heavy (non-hydrogen) atoms. The number of imidazole rings is 1. The molecule has 3 rings (SSSR count). The molecule has 0 amide bonds. The maximum atomic E-state index is 5.97. The Balaban J connectivity index is 1.63. The van der Waals surface area contributed by atoms with E-state index in [0.29, 0.717) is 17.9 Å². The van der Waals surface area contributed by atoms with E-state index in [1.807, 2.05) is 0 Å². The van der Waals surface area contributed by atoms with Crippen LogP contribution in [0.4, 0.5) is 0 Å². The summed E-state index contributed by atoms with van der Waals surface area (Å²) in [6.45, 7) is 2.41. The summed E-state index contributed by atoms with van der Waals surface area (Å²) in [6.07, 6.45) is 9.29. The van der Waals surface area contributed by atoms with Gasteiger partial charge in [-0.2, -0.15) is 0 Å². The summed E-state index contributed by atoms with van der Waals surface area (Å²) >= 11 is 0. The summed E-state index contributed by atoms with van der Waals surface area (Å²) < 4.78 is 0. The van der Waals surface area contributed by atoms with Gasteiger partial charge >= 0.3 is 0 Å². The number of aromatic nitrogens is 2. The first-order chi connectivity index (χ1) is 9.22. The van der Waals surface area contributed by atoms with Gasteiger partial charge in [0.2, 0.25) is 0 Å². The predicted molar refractivity (Wildman–Crippen MR) is 77.2 cm³/mol. The van der Waals surface area contributed by atoms with Gasteiger partial charge < -0.3 is 15.6 Å². The van der Waals surface area contributed by atoms with Crippen LogP contribution in [0.15, 0.2) is 6.20 Å². The number of nitrogens with two attached hydrogens (primary N) is 1. The van der Waals surface area contributed by atoms with Crippen molar-refractivity contribution in [1.82, 2.24) is 14.9 Å². The number of piperidine rings is 1. The van der Waals surface area contributed by atoms with Gasteiger partial charge in [0.05, 0.1) is 0 Å². The molecule has 1 aromatic heterocycles. The predicted octanol–water partition coefficient (Wildman–Crippen LogP) is 2.20. The SMILES string of the molecule is CN1CCC(c2cnc(C3CCC(N)CC3)[nH]2)CC1. The third-order valence-corrected chi connectivity index (χ3v) is 4.93. The van der Waals surface area contributed by atoms with Gasteiger partial charge in [0.15, 0.2) is 0 Å². The van der Waals surface area contributed by atoms with Crippen LogP contribution in [0.1, 0.15) is 61.9 Å². The van der Waals surface area contributed by atoms with Crippen LogP contribution < -0.4 is 5.73 Å². The first kappa shape index (κ1) is 13.1. The summed E-state index contributed by atoms with van der Waals surface area (Å²) in [5.74, 6) is 2.50. The Hall–Kier alpha value is -0.870. The van der Waals surface area contributed by atoms with E-state index in [0.717, 1.165) is 12.8 Å². The van der Waals surface area contributed by atoms with Gasteiger partial charge in [-0.1, -0.05) is 0 Å². The van der Waals surface area contributed by atoms with Crippen molar-refractivity contribution in [1.29, 1.82) is 0 Å². The standard InChI is InChI=1S/C15H26N4/c1-19-8-6-11(7-9-19)14-10-17-15(18-14)12-2-4-13(16)5-3-12/h10-13H,2-9,16H2,1H3,(H,17,18). The number of nitrogens with zero attached hydrogens (tertiary/aromatic N) is 2. The molecule has 1 saturated carbocycles. The van der Waals surface area contributed by atoms with Crippen LogP contribution in [0, 0.1) is 0 Å². The summed E-state index contributed by atoms with van der Waals surface area (Å²) in [7, 11) is 2.21. The summed E-state index contributed by atoms with van der Waals surface area (Å²) in [5, 5.41) is 0. The van der Waals surface area contributed by atoms with Crippen LogP contribution in [0.25, 0.3) is 0 Å². The number of nitrogens with one attached hydrogen (secondary N) is 1. The van der Waals surface area contributed by atoms with Crippen molar-refractivity contribution in [2.75, 3.05) is 20.1 Å². The minimum absolute atomic E-state index is 0.416. The van der Waals surface area contributed by atoms with Crippen LogP contribution in [0.2, 0.25) is 0 Å². The normalized spacial score (nSPS) is 30.6. The lowest BCUT2D eigenvalue weighted by Crippen LogP contribution is -2.29. The Morgan fingerprint density at radius 3 is 2.47 bits per heavy atom. The largest absolute Gasteiger partial charge is 0.345 e. The highest BCUT2D eigenvalue weighted by Crippen LogP contribution is 2.32. The van der Waals surface area contributed by atoms with E-state index in [2.05, 4.69) is 28.1 Å². The molecule has 2 heterocycles. The molecule has 4 heteroatoms. The van der Waals surface area contributed by atoms with Crippen molar-refractivity contribution in [3.05, 3.63) is 17.7 Å². The molecule has 1 saturated heterocycles. The fraction of sp³-hybridized carbons (Fsp3) is 0.800. The highest BCUT2D eigenvalue weighted by atomic mass is 15.1. The maximum absolute atomic E-state index is 5.97. The first-order valence-electron chi connectivity index (χ1n) is 7.71. The molecule has 106 valence electrons. The zero-order valence-corrected chi connectivity index (χ0v) is 11.9. The van der Waals surface area contributed by atoms with Gasteiger partial charge in [-0.25, -0.2) is 4.98 Å². The lowest BCUT2D eigenvalue weighted by molar-refractivity contribution is 0.253. The number of likely N-dealkylation sites (tertiary alicyclic amines) is 1. The average molecular weight is 262 g/mol. The smallest absolute Gasteiger partial charge is 0.109 e. The minimum atomic E-state index is 0.416. The molecule has 0 spiro atoms. The average Bonchev–Trinajstić information content (AvgIpc) is 2.90. The van der Waals surface area contributed by atoms with Crippen LogP contribution >= 0.6 is 0 Å². The van der Waals surface area contributed by atoms with Gasteiger partial charge in [0.25, 0.3) is 0 Å². The van der Waals surface area contributed by atoms with E-state index in [1.54, 1.807) is 0 Å². The molecule has 0 unspecified atom stereocenters. The van der Waals surface area contributed by atoms with Crippen LogP contribution in [-0.2, 0) is 0 Å². The molecule has 0 aromatic carbocycles. The van der Waals surface area contributed by atoms with Crippen molar-refractivity contribution < 1.29 is 0 Å². The molecule has 0 radical (unpaired) electrons. The van der Waals surface area contributed by atoms with E-state index in [-0.39, 0.29) is 0 Å². The second-order valence-corrected chi connectivity index (χ2v) is 6.41. The number of H-pyrrole nitrogens is 1. The Labute approximate surface area is 115 Å². The summed E-state index contributed by atoms with van der Waals surface area (Å²) in [5.41, 5.74) is 7.33. The van der Waals surface area contributed by atoms with Crippen LogP contribution in [0.5, 0.6) is 0 Å². The molecule has 2 fully saturated rings. The zero-order chi connectivity index (χ0) is 13.2. The van der Waals surface area contributed by atoms with E-state index in [1.165, 1.54) is 50.3 Å². The highest BCUT2D eigenvalue weighted by molar-refractivity contribution is 5.12. The first-order valence-corrected chi connectivity index (χ1v) is 7.71. The maximum Gasteiger partial charge on any atom is 0.109 e. The second kappa shape index (κ2) is 5.63. The van der Waals surface area contributed by atoms with E-state index in [4.69, 9.17) is 5.73 Å². The topological polar surface area (TPSA) is 57.9 Å². The lowest BCUT2D eigenvalue weighted by Gasteiger charge is -2.28. The van der Waals surface area contributed by atoms with Gasteiger partial charge in [-0.3, -0.25) is 0 Å². The molecular weight excluding hydrogens is 236 g/mol. The molecular formula is C15H26N4. The number of hydrogen-bond donors (Lipinski definition) is 2. The molecule has 1 aromatic rings. The van der Waals surface area contributed by atoms with Crippen LogP contribution in [-0.4, -0.2) is 41.0 Å². The minimum Gasteiger partial charge on any atom is -0.345 e. The van der Waals surface area contributed by atoms with Crippen molar-refractivity contribution in [3.63, 3.8) is 0 Å². The van der Waals surface area contributed by atoms with Crippen molar-refractivity contribution in [2.24, 2.45) is 5.73 Å². The molecule has 4 nitrogen and oxygen atoms in total. The monoisotopic (exact) mass is 262 g/mol. The van der Waals surface area contributed by atoms with Crippen molar-refractivity contribution in [3.8, 4) is 0 Å². The molecule has 0 bridgehead atoms. The van der Waals surface area contributed by atoms with Crippen LogP contribution in [0.3, 0.4) is 0 Å². The molecule has 3 N–H and O–H groups in total. The van der Waals surface area contributed by atoms with Gasteiger partial charge in [0.1, 0.15) is 5.82 Å². The van der Waals surface area contributed by atoms with Gasteiger partial charge in [0, 0.05) is 29.8 Å².